The van der Waals surface area contributed by atoms with Crippen molar-refractivity contribution in [2.24, 2.45) is 0 Å². The quantitative estimate of drug-likeness (QED) is 0.492. The van der Waals surface area contributed by atoms with E-state index in [1.54, 1.807) is 0 Å². The number of amides is 1. The lowest BCUT2D eigenvalue weighted by Gasteiger charge is -2.15. The van der Waals surface area contributed by atoms with Gasteiger partial charge in [-0.25, -0.2) is 0 Å². The molecule has 1 atom stereocenters. The van der Waals surface area contributed by atoms with Gasteiger partial charge < -0.3 is 11.1 Å². The third kappa shape index (κ3) is 2.97. The molecule has 1 saturated carbocycles. The summed E-state index contributed by atoms with van der Waals surface area (Å²) in [5.41, 5.74) is 5.80. The van der Waals surface area contributed by atoms with Gasteiger partial charge in [-0.15, -0.1) is 0 Å². The van der Waals surface area contributed by atoms with E-state index >= 15 is 0 Å². The zero-order valence-corrected chi connectivity index (χ0v) is 11.6. The largest absolute Gasteiger partial charge is 0.399 e. The summed E-state index contributed by atoms with van der Waals surface area (Å²) in [4.78, 5) is 25.1. The molecule has 21 heavy (non-hydrogen) atoms. The van der Waals surface area contributed by atoms with E-state index in [-0.39, 0.29) is 17.3 Å². The van der Waals surface area contributed by atoms with Gasteiger partial charge in [0.15, 0.2) is 0 Å². The number of anilines is 1. The molecule has 1 aromatic carbocycles. The van der Waals surface area contributed by atoms with E-state index < -0.39 is 10.8 Å². The summed E-state index contributed by atoms with van der Waals surface area (Å²) in [5.74, 6) is -0.420. The maximum atomic E-state index is 12.3. The Balaban J connectivity index is 1.70. The highest BCUT2D eigenvalue weighted by Crippen LogP contribution is 2.30. The fourth-order valence-corrected chi connectivity index (χ4v) is 2.83. The van der Waals surface area contributed by atoms with Gasteiger partial charge in [-0.3, -0.25) is 19.8 Å². The molecule has 7 nitrogen and oxygen atoms in total. The number of nitro benzene ring substituents is 1. The van der Waals surface area contributed by atoms with Crippen LogP contribution in [0.2, 0.25) is 0 Å². The van der Waals surface area contributed by atoms with Crippen LogP contribution in [-0.4, -0.2) is 40.9 Å². The molecule has 1 amide bonds. The van der Waals surface area contributed by atoms with Gasteiger partial charge >= 0.3 is 0 Å². The van der Waals surface area contributed by atoms with Crippen LogP contribution in [0.4, 0.5) is 11.4 Å². The highest BCUT2D eigenvalue weighted by molar-refractivity contribution is 5.99. The van der Waals surface area contributed by atoms with Crippen LogP contribution in [0, 0.1) is 10.1 Å². The molecule has 7 heteroatoms. The van der Waals surface area contributed by atoms with Crippen LogP contribution >= 0.6 is 0 Å². The first-order valence-electron chi connectivity index (χ1n) is 7.13. The molecule has 1 aromatic rings. The zero-order chi connectivity index (χ0) is 15.0. The molecule has 2 aliphatic rings. The number of carbonyl (C=O) groups is 1. The summed E-state index contributed by atoms with van der Waals surface area (Å²) < 4.78 is 0. The first-order chi connectivity index (χ1) is 10.0. The molecule has 0 aromatic heterocycles. The highest BCUT2D eigenvalue weighted by atomic mass is 16.6. The van der Waals surface area contributed by atoms with Crippen molar-refractivity contribution in [3.05, 3.63) is 33.9 Å². The number of nitro groups is 1. The number of nitrogens with one attached hydrogen (secondary N) is 1. The molecule has 2 fully saturated rings. The summed E-state index contributed by atoms with van der Waals surface area (Å²) in [5, 5.41) is 13.9. The van der Waals surface area contributed by atoms with Crippen LogP contribution in [0.5, 0.6) is 0 Å². The summed E-state index contributed by atoms with van der Waals surface area (Å²) in [7, 11) is 0. The Morgan fingerprint density at radius 1 is 1.38 bits per heavy atom. The summed E-state index contributed by atoms with van der Waals surface area (Å²) in [6.07, 6.45) is 3.36. The number of benzene rings is 1. The molecule has 1 saturated heterocycles. The first-order valence-corrected chi connectivity index (χ1v) is 7.13. The molecule has 1 aliphatic carbocycles. The van der Waals surface area contributed by atoms with Gasteiger partial charge in [0.05, 0.1) is 4.92 Å². The molecular weight excluding hydrogens is 272 g/mol. The van der Waals surface area contributed by atoms with Crippen LogP contribution in [0.3, 0.4) is 0 Å². The molecule has 112 valence electrons. The first kappa shape index (κ1) is 13.8. The van der Waals surface area contributed by atoms with E-state index in [9.17, 15) is 14.9 Å². The standard InChI is InChI=1S/C14H18N4O3/c15-9-1-4-13(18(20)21)12(7-9)14(19)16-10-5-6-17(8-10)11-2-3-11/h1,4,7,10-11H,2-3,5-6,8,15H2,(H,16,19). The smallest absolute Gasteiger partial charge is 0.282 e. The second kappa shape index (κ2) is 5.33. The second-order valence-electron chi connectivity index (χ2n) is 5.72. The Labute approximate surface area is 122 Å². The van der Waals surface area contributed by atoms with Crippen molar-refractivity contribution < 1.29 is 9.72 Å². The zero-order valence-electron chi connectivity index (χ0n) is 11.6. The number of hydrogen-bond acceptors (Lipinski definition) is 5. The van der Waals surface area contributed by atoms with Crippen LogP contribution in [0.15, 0.2) is 18.2 Å². The van der Waals surface area contributed by atoms with E-state index in [0.29, 0.717) is 11.7 Å². The molecule has 1 aliphatic heterocycles. The Bertz CT molecular complexity index is 586. The fourth-order valence-electron chi connectivity index (χ4n) is 2.83. The minimum atomic E-state index is -0.556. The lowest BCUT2D eigenvalue weighted by Crippen LogP contribution is -2.37. The normalized spacial score (nSPS) is 22.2. The molecule has 0 radical (unpaired) electrons. The molecular formula is C14H18N4O3. The van der Waals surface area contributed by atoms with Crippen molar-refractivity contribution in [1.29, 1.82) is 0 Å². The number of hydrogen-bond donors (Lipinski definition) is 2. The molecule has 0 bridgehead atoms. The van der Waals surface area contributed by atoms with E-state index in [0.717, 1.165) is 19.5 Å². The van der Waals surface area contributed by atoms with Crippen LogP contribution in [-0.2, 0) is 0 Å². The van der Waals surface area contributed by atoms with Crippen molar-refractivity contribution in [2.75, 3.05) is 18.8 Å². The predicted octanol–water partition coefficient (Wildman–Crippen LogP) is 1.14. The highest BCUT2D eigenvalue weighted by Gasteiger charge is 2.35. The van der Waals surface area contributed by atoms with Gasteiger partial charge in [-0.1, -0.05) is 0 Å². The van der Waals surface area contributed by atoms with Gasteiger partial charge in [0.2, 0.25) is 0 Å². The molecule has 0 spiro atoms. The van der Waals surface area contributed by atoms with Crippen LogP contribution in [0.1, 0.15) is 29.6 Å². The van der Waals surface area contributed by atoms with Gasteiger partial charge in [-0.05, 0) is 31.4 Å². The van der Waals surface area contributed by atoms with Gasteiger partial charge in [-0.2, -0.15) is 0 Å². The summed E-state index contributed by atoms with van der Waals surface area (Å²) in [6, 6.07) is 4.79. The molecule has 1 heterocycles. The summed E-state index contributed by atoms with van der Waals surface area (Å²) in [6.45, 7) is 1.81. The predicted molar refractivity (Wildman–Crippen MR) is 78.0 cm³/mol. The Morgan fingerprint density at radius 3 is 2.81 bits per heavy atom. The van der Waals surface area contributed by atoms with Crippen molar-refractivity contribution in [2.45, 2.75) is 31.3 Å². The monoisotopic (exact) mass is 290 g/mol. The van der Waals surface area contributed by atoms with Gasteiger partial charge in [0.25, 0.3) is 11.6 Å². The van der Waals surface area contributed by atoms with Gasteiger partial charge in [0, 0.05) is 36.9 Å². The molecule has 3 N–H and O–H groups in total. The molecule has 1 unspecified atom stereocenters. The van der Waals surface area contributed by atoms with Crippen molar-refractivity contribution in [3.8, 4) is 0 Å². The number of carbonyl (C=O) groups excluding carboxylic acids is 1. The number of nitrogens with zero attached hydrogens (tertiary/aromatic N) is 2. The topological polar surface area (TPSA) is 101 Å². The maximum Gasteiger partial charge on any atom is 0.282 e. The third-order valence-electron chi connectivity index (χ3n) is 4.08. The van der Waals surface area contributed by atoms with Gasteiger partial charge in [0.1, 0.15) is 5.56 Å². The number of rotatable bonds is 4. The van der Waals surface area contributed by atoms with Crippen LogP contribution < -0.4 is 11.1 Å². The van der Waals surface area contributed by atoms with Crippen LogP contribution in [0.25, 0.3) is 0 Å². The SMILES string of the molecule is Nc1ccc([N+](=O)[O-])c(C(=O)NC2CCN(C3CC3)C2)c1. The minimum absolute atomic E-state index is 0.0323. The Morgan fingerprint density at radius 2 is 2.14 bits per heavy atom. The van der Waals surface area contributed by atoms with E-state index in [1.165, 1.54) is 31.0 Å². The fraction of sp³-hybridized carbons (Fsp3) is 0.500. The average molecular weight is 290 g/mol. The minimum Gasteiger partial charge on any atom is -0.399 e. The lowest BCUT2D eigenvalue weighted by atomic mass is 10.1. The summed E-state index contributed by atoms with van der Waals surface area (Å²) >= 11 is 0. The third-order valence-corrected chi connectivity index (χ3v) is 4.08. The lowest BCUT2D eigenvalue weighted by molar-refractivity contribution is -0.385. The average Bonchev–Trinajstić information content (AvgIpc) is 3.19. The van der Waals surface area contributed by atoms with Crippen molar-refractivity contribution in [1.82, 2.24) is 10.2 Å². The van der Waals surface area contributed by atoms with E-state index in [2.05, 4.69) is 10.2 Å². The molecule has 3 rings (SSSR count). The number of likely N-dealkylation sites (tertiary alicyclic amines) is 1. The number of nitrogens with two attached hydrogens (primary N) is 1. The number of nitrogen functional groups attached to an aromatic ring is 1. The Kier molecular flexibility index (Phi) is 3.50. The maximum absolute atomic E-state index is 12.3. The van der Waals surface area contributed by atoms with Crippen molar-refractivity contribution >= 4 is 17.3 Å². The van der Waals surface area contributed by atoms with E-state index in [1.807, 2.05) is 0 Å². The Hall–Kier alpha value is -2.15. The second-order valence-corrected chi connectivity index (χ2v) is 5.72. The van der Waals surface area contributed by atoms with Crippen molar-refractivity contribution in [3.63, 3.8) is 0 Å². The van der Waals surface area contributed by atoms with E-state index in [4.69, 9.17) is 5.73 Å².